The lowest BCUT2D eigenvalue weighted by Gasteiger charge is -2.26. The van der Waals surface area contributed by atoms with Crippen LogP contribution in [0.4, 0.5) is 11.4 Å². The fourth-order valence-electron chi connectivity index (χ4n) is 2.68. The maximum absolute atomic E-state index is 11.0. The summed E-state index contributed by atoms with van der Waals surface area (Å²) >= 11 is 0. The lowest BCUT2D eigenvalue weighted by molar-refractivity contribution is -0.141. The monoisotopic (exact) mass is 306 g/mol. The quantitative estimate of drug-likeness (QED) is 0.801. The van der Waals surface area contributed by atoms with Crippen LogP contribution in [0.1, 0.15) is 19.8 Å². The van der Waals surface area contributed by atoms with E-state index in [9.17, 15) is 9.59 Å². The molecule has 0 bridgehead atoms. The lowest BCUT2D eigenvalue weighted by Crippen LogP contribution is -2.35. The summed E-state index contributed by atoms with van der Waals surface area (Å²) in [5.74, 6) is -2.53. The van der Waals surface area contributed by atoms with Crippen molar-refractivity contribution in [1.82, 2.24) is 0 Å². The van der Waals surface area contributed by atoms with Gasteiger partial charge in [-0.05, 0) is 37.1 Å². The Morgan fingerprint density at radius 2 is 1.77 bits per heavy atom. The fourth-order valence-corrected chi connectivity index (χ4v) is 2.68. The van der Waals surface area contributed by atoms with Crippen LogP contribution in [-0.4, -0.2) is 48.3 Å². The summed E-state index contributed by atoms with van der Waals surface area (Å²) in [6.07, 6.45) is 2.39. The van der Waals surface area contributed by atoms with Gasteiger partial charge in [0.05, 0.1) is 5.92 Å². The molecule has 0 saturated carbocycles. The van der Waals surface area contributed by atoms with Crippen LogP contribution in [0, 0.1) is 5.92 Å². The van der Waals surface area contributed by atoms with Crippen LogP contribution in [0.5, 0.6) is 0 Å². The molecule has 2 N–H and O–H groups in total. The topological polar surface area (TPSA) is 81.1 Å². The number of carbonyl (C=O) groups is 2. The highest BCUT2D eigenvalue weighted by molar-refractivity contribution is 5.75. The Labute approximate surface area is 130 Å². The van der Waals surface area contributed by atoms with Gasteiger partial charge in [-0.25, -0.2) is 0 Å². The van der Waals surface area contributed by atoms with Gasteiger partial charge in [-0.3, -0.25) is 9.59 Å². The average Bonchev–Trinajstić information content (AvgIpc) is 3.00. The predicted octanol–water partition coefficient (Wildman–Crippen LogP) is 1.90. The van der Waals surface area contributed by atoms with Gasteiger partial charge in [0.2, 0.25) is 0 Å². The smallest absolute Gasteiger partial charge is 0.323 e. The third-order valence-electron chi connectivity index (χ3n) is 3.93. The summed E-state index contributed by atoms with van der Waals surface area (Å²) in [6, 6.07) is 7.68. The van der Waals surface area contributed by atoms with E-state index in [1.165, 1.54) is 12.8 Å². The highest BCUT2D eigenvalue weighted by Gasteiger charge is 2.19. The van der Waals surface area contributed by atoms with Crippen molar-refractivity contribution >= 4 is 23.3 Å². The molecule has 1 heterocycles. The molecule has 2 rings (SSSR count). The zero-order chi connectivity index (χ0) is 16.1. The van der Waals surface area contributed by atoms with Crippen LogP contribution in [-0.2, 0) is 9.59 Å². The summed E-state index contributed by atoms with van der Waals surface area (Å²) in [7, 11) is 0. The van der Waals surface area contributed by atoms with Gasteiger partial charge in [0.15, 0.2) is 0 Å². The zero-order valence-electron chi connectivity index (χ0n) is 12.7. The minimum absolute atomic E-state index is 0.171. The Bertz CT molecular complexity index is 523. The van der Waals surface area contributed by atoms with Crippen molar-refractivity contribution in [2.24, 2.45) is 5.92 Å². The summed E-state index contributed by atoms with van der Waals surface area (Å²) < 4.78 is 0. The van der Waals surface area contributed by atoms with E-state index in [1.807, 2.05) is 24.3 Å². The van der Waals surface area contributed by atoms with E-state index in [1.54, 1.807) is 11.8 Å². The molecule has 1 aliphatic rings. The number of nitrogens with zero attached hydrogens (tertiary/aromatic N) is 2. The van der Waals surface area contributed by atoms with Crippen molar-refractivity contribution in [2.75, 3.05) is 36.0 Å². The first-order chi connectivity index (χ1) is 10.5. The molecule has 0 amide bonds. The van der Waals surface area contributed by atoms with Gasteiger partial charge in [-0.2, -0.15) is 0 Å². The Kier molecular flexibility index (Phi) is 5.25. The summed E-state index contributed by atoms with van der Waals surface area (Å²) in [5.41, 5.74) is 1.86. The molecule has 22 heavy (non-hydrogen) atoms. The van der Waals surface area contributed by atoms with E-state index in [-0.39, 0.29) is 13.1 Å². The molecule has 6 heteroatoms. The fraction of sp³-hybridized carbons (Fsp3) is 0.500. The Hall–Kier alpha value is -2.24. The molecule has 1 saturated heterocycles. The lowest BCUT2D eigenvalue weighted by atomic mass is 10.1. The molecule has 0 spiro atoms. The Morgan fingerprint density at radius 1 is 1.18 bits per heavy atom. The molecular weight excluding hydrogens is 284 g/mol. The number of hydrogen-bond acceptors (Lipinski definition) is 4. The van der Waals surface area contributed by atoms with Crippen LogP contribution in [0.15, 0.2) is 24.3 Å². The third-order valence-corrected chi connectivity index (χ3v) is 3.93. The van der Waals surface area contributed by atoms with Crippen molar-refractivity contribution in [3.05, 3.63) is 24.3 Å². The number of carboxylic acid groups (broad SMARTS) is 2. The second-order valence-electron chi connectivity index (χ2n) is 5.72. The van der Waals surface area contributed by atoms with Gasteiger partial charge in [-0.15, -0.1) is 0 Å². The summed E-state index contributed by atoms with van der Waals surface area (Å²) in [6.45, 7) is 3.64. The zero-order valence-corrected chi connectivity index (χ0v) is 12.7. The van der Waals surface area contributed by atoms with Crippen molar-refractivity contribution in [1.29, 1.82) is 0 Å². The second-order valence-corrected chi connectivity index (χ2v) is 5.72. The number of hydrogen-bond donors (Lipinski definition) is 2. The minimum Gasteiger partial charge on any atom is -0.481 e. The molecule has 1 atom stereocenters. The Balaban J connectivity index is 2.12. The van der Waals surface area contributed by atoms with Crippen molar-refractivity contribution in [3.8, 4) is 0 Å². The van der Waals surface area contributed by atoms with Crippen LogP contribution >= 0.6 is 0 Å². The Morgan fingerprint density at radius 3 is 2.27 bits per heavy atom. The van der Waals surface area contributed by atoms with Crippen LogP contribution in [0.2, 0.25) is 0 Å². The molecule has 1 aromatic carbocycles. The van der Waals surface area contributed by atoms with E-state index in [4.69, 9.17) is 10.2 Å². The maximum atomic E-state index is 11.0. The van der Waals surface area contributed by atoms with Crippen molar-refractivity contribution in [3.63, 3.8) is 0 Å². The van der Waals surface area contributed by atoms with Gasteiger partial charge in [0, 0.05) is 31.0 Å². The number of benzene rings is 1. The van der Waals surface area contributed by atoms with E-state index < -0.39 is 17.9 Å². The first-order valence-electron chi connectivity index (χ1n) is 7.52. The molecule has 0 aromatic heterocycles. The molecular formula is C16H22N2O4. The molecule has 0 aliphatic carbocycles. The van der Waals surface area contributed by atoms with Gasteiger partial charge >= 0.3 is 11.9 Å². The maximum Gasteiger partial charge on any atom is 0.323 e. The normalized spacial score (nSPS) is 15.6. The number of rotatable bonds is 7. The number of aliphatic carboxylic acids is 2. The molecule has 1 aromatic rings. The summed E-state index contributed by atoms with van der Waals surface area (Å²) in [4.78, 5) is 25.9. The van der Waals surface area contributed by atoms with E-state index in [0.29, 0.717) is 0 Å². The van der Waals surface area contributed by atoms with E-state index in [0.717, 1.165) is 24.5 Å². The van der Waals surface area contributed by atoms with Gasteiger partial charge in [-0.1, -0.05) is 6.92 Å². The molecule has 1 fully saturated rings. The van der Waals surface area contributed by atoms with Crippen LogP contribution in [0.25, 0.3) is 0 Å². The predicted molar refractivity (Wildman–Crippen MR) is 84.5 cm³/mol. The molecule has 120 valence electrons. The molecule has 6 nitrogen and oxygen atoms in total. The third kappa shape index (κ3) is 4.13. The van der Waals surface area contributed by atoms with Gasteiger partial charge < -0.3 is 20.0 Å². The number of carboxylic acids is 2. The molecule has 1 unspecified atom stereocenters. The van der Waals surface area contributed by atoms with Crippen LogP contribution < -0.4 is 9.80 Å². The number of anilines is 2. The molecule has 0 radical (unpaired) electrons. The largest absolute Gasteiger partial charge is 0.481 e. The first kappa shape index (κ1) is 16.1. The second kappa shape index (κ2) is 7.15. The SMILES string of the molecule is CC(CN(CC(=O)O)c1ccc(N2CCCC2)cc1)C(=O)O. The van der Waals surface area contributed by atoms with Gasteiger partial charge in [0.1, 0.15) is 6.54 Å². The first-order valence-corrected chi connectivity index (χ1v) is 7.52. The molecule has 1 aliphatic heterocycles. The summed E-state index contributed by atoms with van der Waals surface area (Å²) in [5, 5.41) is 18.0. The minimum atomic E-state index is -0.971. The van der Waals surface area contributed by atoms with Crippen molar-refractivity contribution < 1.29 is 19.8 Å². The van der Waals surface area contributed by atoms with E-state index in [2.05, 4.69) is 4.90 Å². The van der Waals surface area contributed by atoms with Crippen molar-refractivity contribution in [2.45, 2.75) is 19.8 Å². The highest BCUT2D eigenvalue weighted by Crippen LogP contribution is 2.24. The van der Waals surface area contributed by atoms with Gasteiger partial charge in [0.25, 0.3) is 0 Å². The van der Waals surface area contributed by atoms with E-state index >= 15 is 0 Å². The van der Waals surface area contributed by atoms with Crippen LogP contribution in [0.3, 0.4) is 0 Å². The highest BCUT2D eigenvalue weighted by atomic mass is 16.4. The standard InChI is InChI=1S/C16H22N2O4/c1-12(16(21)22)10-18(11-15(19)20)14-6-4-13(5-7-14)17-8-2-3-9-17/h4-7,12H,2-3,8-11H2,1H3,(H,19,20)(H,21,22). The average molecular weight is 306 g/mol.